The van der Waals surface area contributed by atoms with Crippen molar-refractivity contribution in [3.8, 4) is 0 Å². The number of hydrogen-bond donors (Lipinski definition) is 3. The number of nitrogens with zero attached hydrogens (tertiary/aromatic N) is 2. The van der Waals surface area contributed by atoms with Gasteiger partial charge in [-0.1, -0.05) is 22.5 Å². The molecule has 4 rings (SSSR count). The third-order valence-electron chi connectivity index (χ3n) is 5.85. The fourth-order valence-electron chi connectivity index (χ4n) is 4.79. The highest BCUT2D eigenvalue weighted by Crippen LogP contribution is 2.64. The molecule has 0 aromatic rings. The Morgan fingerprint density at radius 2 is 1.89 bits per heavy atom. The summed E-state index contributed by atoms with van der Waals surface area (Å²) in [5, 5.41) is 36.4. The summed E-state index contributed by atoms with van der Waals surface area (Å²) in [4.78, 5) is 0. The highest BCUT2D eigenvalue weighted by Gasteiger charge is 2.68. The first-order valence-corrected chi connectivity index (χ1v) is 6.71. The van der Waals surface area contributed by atoms with Crippen LogP contribution in [0.5, 0.6) is 0 Å². The molecule has 4 aliphatic carbocycles. The van der Waals surface area contributed by atoms with Crippen LogP contribution in [0.4, 0.5) is 0 Å². The summed E-state index contributed by atoms with van der Waals surface area (Å²) in [5.74, 6) is -0.196. The predicted molar refractivity (Wildman–Crippen MR) is 70.6 cm³/mol. The molecule has 0 spiro atoms. The van der Waals surface area contributed by atoms with E-state index in [0.29, 0.717) is 24.3 Å². The fraction of sp³-hybridized carbons (Fsp3) is 0.714. The van der Waals surface area contributed by atoms with Gasteiger partial charge in [0.25, 0.3) is 0 Å². The minimum absolute atomic E-state index is 0.149. The maximum absolute atomic E-state index is 11.0. The molecule has 4 fully saturated rings. The van der Waals surface area contributed by atoms with Gasteiger partial charge >= 0.3 is 0 Å². The number of hydrogen-bond acceptors (Lipinski definition) is 5. The number of aliphatic hydroxyl groups is 1. The molecule has 0 aromatic heterocycles. The monoisotopic (exact) mass is 264 g/mol. The van der Waals surface area contributed by atoms with Crippen molar-refractivity contribution in [3.63, 3.8) is 0 Å². The van der Waals surface area contributed by atoms with E-state index in [4.69, 9.17) is 0 Å². The second kappa shape index (κ2) is 3.60. The zero-order valence-corrected chi connectivity index (χ0v) is 11.3. The van der Waals surface area contributed by atoms with E-state index in [0.717, 1.165) is 12.0 Å². The van der Waals surface area contributed by atoms with Gasteiger partial charge in [0, 0.05) is 23.2 Å². The van der Waals surface area contributed by atoms with Crippen LogP contribution in [0.15, 0.2) is 22.5 Å². The van der Waals surface area contributed by atoms with Crippen molar-refractivity contribution in [1.82, 2.24) is 0 Å². The van der Waals surface area contributed by atoms with Crippen molar-refractivity contribution >= 4 is 11.4 Å². The average Bonchev–Trinajstić information content (AvgIpc) is 2.34. The lowest BCUT2D eigenvalue weighted by atomic mass is 9.41. The Balaban J connectivity index is 2.19. The average molecular weight is 264 g/mol. The molecule has 0 saturated heterocycles. The van der Waals surface area contributed by atoms with Gasteiger partial charge in [-0.05, 0) is 33.1 Å². The molecule has 4 aliphatic rings. The minimum atomic E-state index is -0.950. The summed E-state index contributed by atoms with van der Waals surface area (Å²) < 4.78 is 0. The summed E-state index contributed by atoms with van der Waals surface area (Å²) >= 11 is 0. The summed E-state index contributed by atoms with van der Waals surface area (Å²) in [6.07, 6.45) is 2.05. The molecule has 5 unspecified atom stereocenters. The van der Waals surface area contributed by atoms with E-state index in [1.54, 1.807) is 0 Å². The Hall–Kier alpha value is -1.36. The third kappa shape index (κ3) is 1.24. The van der Waals surface area contributed by atoms with Gasteiger partial charge < -0.3 is 15.5 Å². The zero-order valence-electron chi connectivity index (χ0n) is 11.3. The molecule has 0 amide bonds. The molecule has 0 heterocycles. The van der Waals surface area contributed by atoms with Crippen LogP contribution in [0.25, 0.3) is 0 Å². The fourth-order valence-corrected chi connectivity index (χ4v) is 4.79. The maximum Gasteiger partial charge on any atom is 0.0794 e. The lowest BCUT2D eigenvalue weighted by molar-refractivity contribution is -0.136. The van der Waals surface area contributed by atoms with Crippen molar-refractivity contribution in [2.75, 3.05) is 0 Å². The molecular weight excluding hydrogens is 244 g/mol. The standard InChI is InChI=1S/C14H20N2O3/c1-7(2)14-5-8-4-10(13(14,3)17)12(16-19)9(6-14)11(8)15-18/h8-10,17-19H,1,4-6H2,2-3H3/b15-11-,16-12-. The van der Waals surface area contributed by atoms with Crippen LogP contribution in [0.2, 0.25) is 0 Å². The smallest absolute Gasteiger partial charge is 0.0794 e. The normalized spacial score (nSPS) is 52.1. The van der Waals surface area contributed by atoms with Gasteiger partial charge in [0.05, 0.1) is 17.0 Å². The molecule has 0 radical (unpaired) electrons. The van der Waals surface area contributed by atoms with Crippen LogP contribution in [0, 0.1) is 23.2 Å². The van der Waals surface area contributed by atoms with E-state index < -0.39 is 5.60 Å². The second-order valence-corrected chi connectivity index (χ2v) is 6.51. The molecule has 0 aliphatic heterocycles. The zero-order chi connectivity index (χ0) is 14.0. The first kappa shape index (κ1) is 12.7. The largest absolute Gasteiger partial charge is 0.411 e. The molecule has 5 heteroatoms. The molecule has 4 bridgehead atoms. The molecule has 5 atom stereocenters. The Morgan fingerprint density at radius 3 is 2.42 bits per heavy atom. The van der Waals surface area contributed by atoms with Gasteiger partial charge in [0.2, 0.25) is 0 Å². The Kier molecular flexibility index (Phi) is 2.40. The van der Waals surface area contributed by atoms with Gasteiger partial charge in [-0.3, -0.25) is 0 Å². The molecule has 19 heavy (non-hydrogen) atoms. The molecule has 3 N–H and O–H groups in total. The topological polar surface area (TPSA) is 85.4 Å². The highest BCUT2D eigenvalue weighted by atomic mass is 16.4. The molecule has 104 valence electrons. The second-order valence-electron chi connectivity index (χ2n) is 6.51. The van der Waals surface area contributed by atoms with Gasteiger partial charge in [-0.15, -0.1) is 0 Å². The van der Waals surface area contributed by atoms with Gasteiger partial charge in [0.1, 0.15) is 0 Å². The van der Waals surface area contributed by atoms with Crippen molar-refractivity contribution in [1.29, 1.82) is 0 Å². The SMILES string of the molecule is C=C(C)C12CC3CC(/C(=N\O)C(C1)/C3=N\O)C2(C)O. The van der Waals surface area contributed by atoms with Crippen molar-refractivity contribution in [2.24, 2.45) is 33.5 Å². The van der Waals surface area contributed by atoms with E-state index in [1.807, 2.05) is 13.8 Å². The van der Waals surface area contributed by atoms with Crippen LogP contribution in [-0.4, -0.2) is 32.5 Å². The quantitative estimate of drug-likeness (QED) is 0.385. The van der Waals surface area contributed by atoms with Crippen molar-refractivity contribution in [2.45, 2.75) is 38.7 Å². The molecular formula is C14H20N2O3. The van der Waals surface area contributed by atoms with E-state index in [9.17, 15) is 15.5 Å². The Bertz CT molecular complexity index is 509. The van der Waals surface area contributed by atoms with Gasteiger partial charge in [0.15, 0.2) is 0 Å². The van der Waals surface area contributed by atoms with Crippen LogP contribution in [0.1, 0.15) is 33.1 Å². The molecule has 0 aromatic carbocycles. The van der Waals surface area contributed by atoms with Crippen molar-refractivity contribution < 1.29 is 15.5 Å². The number of rotatable bonds is 1. The first-order chi connectivity index (χ1) is 8.89. The van der Waals surface area contributed by atoms with Crippen LogP contribution in [-0.2, 0) is 0 Å². The van der Waals surface area contributed by atoms with E-state index in [1.165, 1.54) is 0 Å². The van der Waals surface area contributed by atoms with E-state index >= 15 is 0 Å². The van der Waals surface area contributed by atoms with Gasteiger partial charge in [-0.25, -0.2) is 0 Å². The minimum Gasteiger partial charge on any atom is -0.411 e. The Morgan fingerprint density at radius 1 is 1.26 bits per heavy atom. The van der Waals surface area contributed by atoms with E-state index in [-0.39, 0.29) is 23.2 Å². The summed E-state index contributed by atoms with van der Waals surface area (Å²) in [5.41, 5.74) is 0.912. The Labute approximate surface area is 112 Å². The predicted octanol–water partition coefficient (Wildman–Crippen LogP) is 2.02. The lowest BCUT2D eigenvalue weighted by Crippen LogP contribution is -2.69. The van der Waals surface area contributed by atoms with Gasteiger partial charge in [-0.2, -0.15) is 0 Å². The lowest BCUT2D eigenvalue weighted by Gasteiger charge is -2.64. The third-order valence-corrected chi connectivity index (χ3v) is 5.85. The highest BCUT2D eigenvalue weighted by molar-refractivity contribution is 6.13. The summed E-state index contributed by atoms with van der Waals surface area (Å²) in [6.45, 7) is 7.85. The first-order valence-electron chi connectivity index (χ1n) is 6.71. The van der Waals surface area contributed by atoms with Crippen molar-refractivity contribution in [3.05, 3.63) is 12.2 Å². The summed E-state index contributed by atoms with van der Waals surface area (Å²) in [7, 11) is 0. The van der Waals surface area contributed by atoms with Crippen LogP contribution >= 0.6 is 0 Å². The van der Waals surface area contributed by atoms with Crippen LogP contribution in [0.3, 0.4) is 0 Å². The van der Waals surface area contributed by atoms with Crippen LogP contribution < -0.4 is 0 Å². The number of oxime groups is 2. The molecule has 5 nitrogen and oxygen atoms in total. The maximum atomic E-state index is 11.0. The van der Waals surface area contributed by atoms with E-state index in [2.05, 4.69) is 16.9 Å². The molecule has 4 saturated carbocycles. The summed E-state index contributed by atoms with van der Waals surface area (Å²) in [6, 6.07) is 0.